The lowest BCUT2D eigenvalue weighted by atomic mass is 9.97. The van der Waals surface area contributed by atoms with Crippen molar-refractivity contribution in [3.8, 4) is 0 Å². The molecule has 0 saturated carbocycles. The van der Waals surface area contributed by atoms with Crippen LogP contribution in [0, 0.1) is 18.6 Å². The Balaban J connectivity index is 2.28. The zero-order chi connectivity index (χ0) is 15.2. The molecule has 0 spiro atoms. The quantitative estimate of drug-likeness (QED) is 0.871. The van der Waals surface area contributed by atoms with Crippen LogP contribution in [0.5, 0.6) is 0 Å². The fourth-order valence-corrected chi connectivity index (χ4v) is 2.40. The van der Waals surface area contributed by atoms with Crippen LogP contribution in [0.1, 0.15) is 36.2 Å². The Morgan fingerprint density at radius 1 is 1.24 bits per heavy atom. The summed E-state index contributed by atoms with van der Waals surface area (Å²) in [7, 11) is 0. The third-order valence-electron chi connectivity index (χ3n) is 3.50. The average molecular weight is 290 g/mol. The van der Waals surface area contributed by atoms with Gasteiger partial charge in [-0.1, -0.05) is 13.0 Å². The number of aromatic nitrogens is 1. The molecule has 1 aromatic heterocycles. The topological polar surface area (TPSA) is 24.9 Å². The standard InChI is InChI=1S/C17H20F2N2/c1-3-8-21-17(15-5-4-9-20-12(15)2)11-13-10-14(18)6-7-16(13)19/h4-7,9-10,17,21H,3,8,11H2,1-2H3. The molecule has 2 nitrogen and oxygen atoms in total. The van der Waals surface area contributed by atoms with Crippen molar-refractivity contribution in [3.63, 3.8) is 0 Å². The number of hydrogen-bond acceptors (Lipinski definition) is 2. The van der Waals surface area contributed by atoms with Crippen molar-refractivity contribution in [2.24, 2.45) is 0 Å². The van der Waals surface area contributed by atoms with Gasteiger partial charge in [-0.05, 0) is 61.7 Å². The molecule has 2 aromatic rings. The van der Waals surface area contributed by atoms with E-state index in [0.29, 0.717) is 12.0 Å². The highest BCUT2D eigenvalue weighted by molar-refractivity contribution is 5.27. The van der Waals surface area contributed by atoms with E-state index in [1.807, 2.05) is 19.1 Å². The number of benzene rings is 1. The Morgan fingerprint density at radius 2 is 2.05 bits per heavy atom. The molecule has 21 heavy (non-hydrogen) atoms. The molecule has 112 valence electrons. The highest BCUT2D eigenvalue weighted by Gasteiger charge is 2.16. The van der Waals surface area contributed by atoms with E-state index in [2.05, 4.69) is 17.2 Å². The Morgan fingerprint density at radius 3 is 2.76 bits per heavy atom. The van der Waals surface area contributed by atoms with Gasteiger partial charge in [0.2, 0.25) is 0 Å². The molecular weight excluding hydrogens is 270 g/mol. The van der Waals surface area contributed by atoms with Crippen molar-refractivity contribution in [2.75, 3.05) is 6.54 Å². The molecule has 0 saturated heterocycles. The number of halogens is 2. The van der Waals surface area contributed by atoms with Gasteiger partial charge in [0.25, 0.3) is 0 Å². The third-order valence-corrected chi connectivity index (χ3v) is 3.50. The number of hydrogen-bond donors (Lipinski definition) is 1. The Labute approximate surface area is 124 Å². The summed E-state index contributed by atoms with van der Waals surface area (Å²) in [4.78, 5) is 4.28. The smallest absolute Gasteiger partial charge is 0.126 e. The maximum Gasteiger partial charge on any atom is 0.126 e. The first-order valence-electron chi connectivity index (χ1n) is 7.20. The summed E-state index contributed by atoms with van der Waals surface area (Å²) < 4.78 is 27.2. The number of nitrogens with one attached hydrogen (secondary N) is 1. The maximum absolute atomic E-state index is 13.9. The molecule has 1 N–H and O–H groups in total. The lowest BCUT2D eigenvalue weighted by Crippen LogP contribution is -2.25. The van der Waals surface area contributed by atoms with E-state index in [-0.39, 0.29) is 11.9 Å². The molecule has 0 fully saturated rings. The van der Waals surface area contributed by atoms with Gasteiger partial charge in [-0.25, -0.2) is 8.78 Å². The van der Waals surface area contributed by atoms with E-state index < -0.39 is 5.82 Å². The average Bonchev–Trinajstić information content (AvgIpc) is 2.48. The number of aryl methyl sites for hydroxylation is 1. The summed E-state index contributed by atoms with van der Waals surface area (Å²) in [6.45, 7) is 4.82. The molecule has 0 aliphatic rings. The van der Waals surface area contributed by atoms with Crippen molar-refractivity contribution in [1.82, 2.24) is 10.3 Å². The van der Waals surface area contributed by atoms with E-state index in [0.717, 1.165) is 30.3 Å². The van der Waals surface area contributed by atoms with Crippen molar-refractivity contribution in [1.29, 1.82) is 0 Å². The van der Waals surface area contributed by atoms with E-state index >= 15 is 0 Å². The Kier molecular flexibility index (Phi) is 5.39. The van der Waals surface area contributed by atoms with Crippen LogP contribution >= 0.6 is 0 Å². The second-order valence-corrected chi connectivity index (χ2v) is 5.12. The fourth-order valence-electron chi connectivity index (χ4n) is 2.40. The molecular formula is C17H20F2N2. The zero-order valence-electron chi connectivity index (χ0n) is 12.4. The molecule has 0 aliphatic carbocycles. The van der Waals surface area contributed by atoms with Gasteiger partial charge in [0.05, 0.1) is 0 Å². The lowest BCUT2D eigenvalue weighted by molar-refractivity contribution is 0.505. The van der Waals surface area contributed by atoms with Crippen LogP contribution in [0.25, 0.3) is 0 Å². The third kappa shape index (κ3) is 4.08. The zero-order valence-corrected chi connectivity index (χ0v) is 12.4. The van der Waals surface area contributed by atoms with E-state index in [9.17, 15) is 8.78 Å². The van der Waals surface area contributed by atoms with Crippen LogP contribution in [-0.2, 0) is 6.42 Å². The SMILES string of the molecule is CCCNC(Cc1cc(F)ccc1F)c1cccnc1C. The highest BCUT2D eigenvalue weighted by atomic mass is 19.1. The van der Waals surface area contributed by atoms with Crippen LogP contribution in [0.2, 0.25) is 0 Å². The molecule has 1 aromatic carbocycles. The molecule has 0 aliphatic heterocycles. The van der Waals surface area contributed by atoms with Crippen LogP contribution in [0.3, 0.4) is 0 Å². The van der Waals surface area contributed by atoms with Gasteiger partial charge >= 0.3 is 0 Å². The maximum atomic E-state index is 13.9. The van der Waals surface area contributed by atoms with E-state index in [1.54, 1.807) is 6.20 Å². The number of pyridine rings is 1. The summed E-state index contributed by atoms with van der Waals surface area (Å²) in [5.74, 6) is -0.787. The van der Waals surface area contributed by atoms with Gasteiger partial charge < -0.3 is 5.32 Å². The summed E-state index contributed by atoms with van der Waals surface area (Å²) in [5.41, 5.74) is 2.31. The first-order chi connectivity index (χ1) is 10.1. The van der Waals surface area contributed by atoms with E-state index in [4.69, 9.17) is 0 Å². The second-order valence-electron chi connectivity index (χ2n) is 5.12. The van der Waals surface area contributed by atoms with Gasteiger partial charge in [0.15, 0.2) is 0 Å². The van der Waals surface area contributed by atoms with Gasteiger partial charge in [-0.2, -0.15) is 0 Å². The van der Waals surface area contributed by atoms with Crippen molar-refractivity contribution < 1.29 is 8.78 Å². The normalized spacial score (nSPS) is 12.4. The van der Waals surface area contributed by atoms with E-state index in [1.165, 1.54) is 12.1 Å². The first kappa shape index (κ1) is 15.6. The summed E-state index contributed by atoms with van der Waals surface area (Å²) >= 11 is 0. The molecule has 0 bridgehead atoms. The predicted molar refractivity (Wildman–Crippen MR) is 80.1 cm³/mol. The van der Waals surface area contributed by atoms with Gasteiger partial charge in [0.1, 0.15) is 11.6 Å². The van der Waals surface area contributed by atoms with Crippen molar-refractivity contribution >= 4 is 0 Å². The molecule has 1 heterocycles. The number of nitrogens with zero attached hydrogens (tertiary/aromatic N) is 1. The largest absolute Gasteiger partial charge is 0.310 e. The second kappa shape index (κ2) is 7.27. The summed E-state index contributed by atoms with van der Waals surface area (Å²) in [6, 6.07) is 7.36. The first-order valence-corrected chi connectivity index (χ1v) is 7.20. The minimum atomic E-state index is -0.413. The fraction of sp³-hybridized carbons (Fsp3) is 0.353. The predicted octanol–water partition coefficient (Wildman–Crippen LogP) is 3.95. The minimum Gasteiger partial charge on any atom is -0.310 e. The van der Waals surface area contributed by atoms with Crippen LogP contribution in [0.4, 0.5) is 8.78 Å². The Bertz CT molecular complexity index is 599. The lowest BCUT2D eigenvalue weighted by Gasteiger charge is -2.21. The van der Waals surface area contributed by atoms with Crippen LogP contribution in [0.15, 0.2) is 36.5 Å². The summed E-state index contributed by atoms with van der Waals surface area (Å²) in [5, 5.41) is 3.39. The summed E-state index contributed by atoms with van der Waals surface area (Å²) in [6.07, 6.45) is 3.11. The van der Waals surface area contributed by atoms with Gasteiger partial charge in [-0.3, -0.25) is 4.98 Å². The molecule has 2 rings (SSSR count). The molecule has 1 atom stereocenters. The Hall–Kier alpha value is -1.81. The molecule has 0 amide bonds. The minimum absolute atomic E-state index is 0.0741. The van der Waals surface area contributed by atoms with Crippen molar-refractivity contribution in [2.45, 2.75) is 32.7 Å². The van der Waals surface area contributed by atoms with Crippen LogP contribution in [-0.4, -0.2) is 11.5 Å². The van der Waals surface area contributed by atoms with Crippen molar-refractivity contribution in [3.05, 3.63) is 65.0 Å². The van der Waals surface area contributed by atoms with Gasteiger partial charge in [-0.15, -0.1) is 0 Å². The molecule has 1 unspecified atom stereocenters. The molecule has 0 radical (unpaired) electrons. The number of rotatable bonds is 6. The van der Waals surface area contributed by atoms with Gasteiger partial charge in [0, 0.05) is 17.9 Å². The van der Waals surface area contributed by atoms with Crippen LogP contribution < -0.4 is 5.32 Å². The monoisotopic (exact) mass is 290 g/mol. The molecule has 4 heteroatoms. The highest BCUT2D eigenvalue weighted by Crippen LogP contribution is 2.22.